The number of amides is 1. The van der Waals surface area contributed by atoms with Gasteiger partial charge in [0.25, 0.3) is 0 Å². The van der Waals surface area contributed by atoms with Crippen LogP contribution in [-0.4, -0.2) is 57.5 Å². The van der Waals surface area contributed by atoms with E-state index in [0.717, 1.165) is 6.07 Å². The summed E-state index contributed by atoms with van der Waals surface area (Å²) in [6.07, 6.45) is -3.13. The van der Waals surface area contributed by atoms with Gasteiger partial charge in [0.15, 0.2) is 5.82 Å². The van der Waals surface area contributed by atoms with Crippen molar-refractivity contribution in [2.24, 2.45) is 0 Å². The highest BCUT2D eigenvalue weighted by molar-refractivity contribution is 5.76. The van der Waals surface area contributed by atoms with Crippen LogP contribution in [0.3, 0.4) is 0 Å². The molecule has 170 valence electrons. The molecule has 1 aliphatic heterocycles. The molecule has 0 aliphatic carbocycles. The number of carbonyl (C=O) groups is 1. The van der Waals surface area contributed by atoms with Crippen LogP contribution in [0.4, 0.5) is 18.9 Å². The molecule has 32 heavy (non-hydrogen) atoms. The summed E-state index contributed by atoms with van der Waals surface area (Å²) in [7, 11) is 0. The molecule has 1 amide bonds. The van der Waals surface area contributed by atoms with Gasteiger partial charge in [-0.1, -0.05) is 11.2 Å². The van der Waals surface area contributed by atoms with E-state index in [2.05, 4.69) is 30.6 Å². The SMILES string of the molecule is O=C(CCc1nc(-c2ncn[nH]2)no1)NCc1ccc(N2CCOCC2)cc1C(F)(F)F. The van der Waals surface area contributed by atoms with Crippen molar-refractivity contribution < 1.29 is 27.2 Å². The molecule has 0 atom stereocenters. The summed E-state index contributed by atoms with van der Waals surface area (Å²) < 4.78 is 51.1. The standard InChI is InChI=1S/C19H20F3N7O3/c20-19(21,22)14-9-13(29-5-7-31-8-6-29)2-1-12(14)10-23-15(30)3-4-16-26-18(28-32-16)17-24-11-25-27-17/h1-2,9,11H,3-8,10H2,(H,23,30)(H,24,25,27). The van der Waals surface area contributed by atoms with Crippen molar-refractivity contribution >= 4 is 11.6 Å². The predicted octanol–water partition coefficient (Wildman–Crippen LogP) is 1.96. The fraction of sp³-hybridized carbons (Fsp3) is 0.421. The first-order valence-corrected chi connectivity index (χ1v) is 9.88. The topological polar surface area (TPSA) is 122 Å². The molecule has 0 radical (unpaired) electrons. The quantitative estimate of drug-likeness (QED) is 0.559. The number of aryl methyl sites for hydroxylation is 1. The first-order chi connectivity index (χ1) is 15.4. The average molecular weight is 451 g/mol. The highest BCUT2D eigenvalue weighted by Crippen LogP contribution is 2.35. The number of hydrogen-bond acceptors (Lipinski definition) is 8. The first-order valence-electron chi connectivity index (χ1n) is 9.88. The van der Waals surface area contributed by atoms with Crippen LogP contribution in [-0.2, 0) is 28.7 Å². The lowest BCUT2D eigenvalue weighted by Crippen LogP contribution is -2.36. The van der Waals surface area contributed by atoms with Crippen molar-refractivity contribution in [3.8, 4) is 11.6 Å². The number of carbonyl (C=O) groups excluding carboxylic acids is 1. The molecule has 3 heterocycles. The Morgan fingerprint density at radius 2 is 2.06 bits per heavy atom. The number of halogens is 3. The van der Waals surface area contributed by atoms with Crippen molar-refractivity contribution in [3.05, 3.63) is 41.5 Å². The van der Waals surface area contributed by atoms with Gasteiger partial charge in [-0.25, -0.2) is 4.98 Å². The second-order valence-corrected chi connectivity index (χ2v) is 7.06. The van der Waals surface area contributed by atoms with E-state index in [4.69, 9.17) is 9.26 Å². The second-order valence-electron chi connectivity index (χ2n) is 7.06. The number of benzene rings is 1. The fourth-order valence-corrected chi connectivity index (χ4v) is 3.27. The molecule has 1 aliphatic rings. The van der Waals surface area contributed by atoms with Gasteiger partial charge in [0.2, 0.25) is 17.6 Å². The minimum Gasteiger partial charge on any atom is -0.378 e. The van der Waals surface area contributed by atoms with Crippen molar-refractivity contribution in [3.63, 3.8) is 0 Å². The lowest BCUT2D eigenvalue weighted by molar-refractivity contribution is -0.138. The lowest BCUT2D eigenvalue weighted by Gasteiger charge is -2.29. The van der Waals surface area contributed by atoms with Crippen LogP contribution in [0, 0.1) is 0 Å². The van der Waals surface area contributed by atoms with E-state index in [1.165, 1.54) is 12.4 Å². The van der Waals surface area contributed by atoms with Crippen LogP contribution >= 0.6 is 0 Å². The third-order valence-electron chi connectivity index (χ3n) is 4.91. The smallest absolute Gasteiger partial charge is 0.378 e. The molecule has 0 bridgehead atoms. The Morgan fingerprint density at radius 3 is 2.78 bits per heavy atom. The number of H-pyrrole nitrogens is 1. The second kappa shape index (κ2) is 9.34. The molecule has 0 unspecified atom stereocenters. The van der Waals surface area contributed by atoms with Gasteiger partial charge in [-0.3, -0.25) is 9.89 Å². The Labute approximate surface area is 180 Å². The summed E-state index contributed by atoms with van der Waals surface area (Å²) in [6, 6.07) is 4.15. The lowest BCUT2D eigenvalue weighted by atomic mass is 10.0. The van der Waals surface area contributed by atoms with Gasteiger partial charge < -0.3 is 19.5 Å². The first kappa shape index (κ1) is 21.7. The number of nitrogens with zero attached hydrogens (tertiary/aromatic N) is 5. The summed E-state index contributed by atoms with van der Waals surface area (Å²) in [5.41, 5.74) is -0.293. The maximum Gasteiger partial charge on any atom is 0.416 e. The summed E-state index contributed by atoms with van der Waals surface area (Å²) >= 11 is 0. The largest absolute Gasteiger partial charge is 0.416 e. The minimum atomic E-state index is -4.54. The Hall–Kier alpha value is -3.48. The normalized spacial score (nSPS) is 14.5. The molecule has 2 aromatic heterocycles. The molecule has 4 rings (SSSR count). The number of aromatic nitrogens is 5. The molecule has 1 saturated heterocycles. The number of morpholine rings is 1. The van der Waals surface area contributed by atoms with Crippen LogP contribution in [0.2, 0.25) is 0 Å². The zero-order valence-corrected chi connectivity index (χ0v) is 16.9. The molecule has 3 aromatic rings. The monoisotopic (exact) mass is 451 g/mol. The van der Waals surface area contributed by atoms with Crippen LogP contribution in [0.1, 0.15) is 23.4 Å². The van der Waals surface area contributed by atoms with E-state index in [1.54, 1.807) is 6.07 Å². The van der Waals surface area contributed by atoms with E-state index in [9.17, 15) is 18.0 Å². The van der Waals surface area contributed by atoms with Crippen molar-refractivity contribution in [1.82, 2.24) is 30.6 Å². The molecule has 0 spiro atoms. The maximum atomic E-state index is 13.6. The number of hydrogen-bond donors (Lipinski definition) is 2. The fourth-order valence-electron chi connectivity index (χ4n) is 3.27. The molecule has 2 N–H and O–H groups in total. The maximum absolute atomic E-state index is 13.6. The Morgan fingerprint density at radius 1 is 1.25 bits per heavy atom. The Kier molecular flexibility index (Phi) is 6.35. The molecule has 1 aromatic carbocycles. The van der Waals surface area contributed by atoms with Gasteiger partial charge in [0.1, 0.15) is 6.33 Å². The summed E-state index contributed by atoms with van der Waals surface area (Å²) in [4.78, 5) is 22.0. The number of anilines is 1. The summed E-state index contributed by atoms with van der Waals surface area (Å²) in [6.45, 7) is 1.75. The van der Waals surface area contributed by atoms with Crippen molar-refractivity contribution in [2.45, 2.75) is 25.6 Å². The van der Waals surface area contributed by atoms with Gasteiger partial charge in [-0.15, -0.1) is 0 Å². The number of nitrogens with one attached hydrogen (secondary N) is 2. The zero-order chi connectivity index (χ0) is 22.6. The highest BCUT2D eigenvalue weighted by Gasteiger charge is 2.34. The summed E-state index contributed by atoms with van der Waals surface area (Å²) in [5.74, 6) is 0.296. The van der Waals surface area contributed by atoms with Crippen molar-refractivity contribution in [1.29, 1.82) is 0 Å². The van der Waals surface area contributed by atoms with E-state index in [1.807, 2.05) is 4.90 Å². The molecular weight excluding hydrogens is 431 g/mol. The third kappa shape index (κ3) is 5.22. The van der Waals surface area contributed by atoms with Gasteiger partial charge in [0.05, 0.1) is 18.8 Å². The molecule has 0 saturated carbocycles. The predicted molar refractivity (Wildman–Crippen MR) is 104 cm³/mol. The van der Waals surface area contributed by atoms with Crippen LogP contribution in [0.5, 0.6) is 0 Å². The van der Waals surface area contributed by atoms with Crippen LogP contribution in [0.25, 0.3) is 11.6 Å². The van der Waals surface area contributed by atoms with Crippen LogP contribution < -0.4 is 10.2 Å². The number of aromatic amines is 1. The Balaban J connectivity index is 1.35. The Bertz CT molecular complexity index is 1050. The summed E-state index contributed by atoms with van der Waals surface area (Å²) in [5, 5.41) is 12.5. The van der Waals surface area contributed by atoms with Gasteiger partial charge in [-0.05, 0) is 17.7 Å². The van der Waals surface area contributed by atoms with Crippen molar-refractivity contribution in [2.75, 3.05) is 31.2 Å². The molecule has 13 heteroatoms. The highest BCUT2D eigenvalue weighted by atomic mass is 19.4. The molecule has 10 nitrogen and oxygen atoms in total. The minimum absolute atomic E-state index is 0.00625. The van der Waals surface area contributed by atoms with E-state index in [0.29, 0.717) is 37.8 Å². The zero-order valence-electron chi connectivity index (χ0n) is 16.9. The van der Waals surface area contributed by atoms with E-state index in [-0.39, 0.29) is 36.7 Å². The average Bonchev–Trinajstić information content (AvgIpc) is 3.48. The molecule has 1 fully saturated rings. The van der Waals surface area contributed by atoms with Gasteiger partial charge >= 0.3 is 6.18 Å². The van der Waals surface area contributed by atoms with Gasteiger partial charge in [0, 0.05) is 38.2 Å². The van der Waals surface area contributed by atoms with E-state index >= 15 is 0 Å². The molecular formula is C19H20F3N7O3. The third-order valence-corrected chi connectivity index (χ3v) is 4.91. The van der Waals surface area contributed by atoms with Crippen LogP contribution in [0.15, 0.2) is 29.0 Å². The van der Waals surface area contributed by atoms with Gasteiger partial charge in [-0.2, -0.15) is 23.3 Å². The number of rotatable bonds is 7. The van der Waals surface area contributed by atoms with E-state index < -0.39 is 17.6 Å². The number of ether oxygens (including phenoxy) is 1. The number of alkyl halides is 3.